The fraction of sp³-hybridized carbons (Fsp3) is 0.130. The van der Waals surface area contributed by atoms with E-state index in [2.05, 4.69) is 15.4 Å². The molecule has 0 spiro atoms. The predicted molar refractivity (Wildman–Crippen MR) is 114 cm³/mol. The number of hydrogen-bond donors (Lipinski definition) is 3. The van der Waals surface area contributed by atoms with Crippen molar-refractivity contribution >= 4 is 29.5 Å². The number of ether oxygens (including phenoxy) is 2. The van der Waals surface area contributed by atoms with E-state index in [-0.39, 0.29) is 17.0 Å². The van der Waals surface area contributed by atoms with Gasteiger partial charge in [0.25, 0.3) is 0 Å². The van der Waals surface area contributed by atoms with Gasteiger partial charge >= 0.3 is 18.0 Å². The number of amides is 1. The van der Waals surface area contributed by atoms with Crippen molar-refractivity contribution in [3.05, 3.63) is 82.8 Å². The Bertz CT molecular complexity index is 1130. The summed E-state index contributed by atoms with van der Waals surface area (Å²) >= 11 is 0. The summed E-state index contributed by atoms with van der Waals surface area (Å²) < 4.78 is 9.75. The van der Waals surface area contributed by atoms with Gasteiger partial charge in [0.1, 0.15) is 22.7 Å². The summed E-state index contributed by atoms with van der Waals surface area (Å²) in [4.78, 5) is 47.2. The van der Waals surface area contributed by atoms with E-state index in [9.17, 15) is 24.3 Å². The third-order valence-corrected chi connectivity index (χ3v) is 4.47. The van der Waals surface area contributed by atoms with Gasteiger partial charge in [-0.05, 0) is 43.7 Å². The fourth-order valence-corrected chi connectivity index (χ4v) is 2.94. The van der Waals surface area contributed by atoms with Gasteiger partial charge in [0.05, 0.1) is 0 Å². The summed E-state index contributed by atoms with van der Waals surface area (Å²) in [5.74, 6) is -3.44. The van der Waals surface area contributed by atoms with Crippen LogP contribution >= 0.6 is 0 Å². The number of benzene rings is 2. The maximum Gasteiger partial charge on any atom is 0.412 e. The van der Waals surface area contributed by atoms with Crippen LogP contribution in [0.5, 0.6) is 5.75 Å². The molecule has 1 aliphatic rings. The Labute approximate surface area is 183 Å². The number of aliphatic hydroxyl groups is 1. The highest BCUT2D eigenvalue weighted by Gasteiger charge is 2.36. The lowest BCUT2D eigenvalue weighted by molar-refractivity contribution is -0.155. The second kappa shape index (κ2) is 9.61. The zero-order valence-electron chi connectivity index (χ0n) is 17.3. The molecule has 0 saturated heterocycles. The molecule has 1 aliphatic heterocycles. The quantitative estimate of drug-likeness (QED) is 0.272. The molecule has 0 fully saturated rings. The van der Waals surface area contributed by atoms with Gasteiger partial charge in [-0.25, -0.2) is 14.4 Å². The zero-order chi connectivity index (χ0) is 23.3. The Morgan fingerprint density at radius 2 is 1.62 bits per heavy atom. The second-order valence-corrected chi connectivity index (χ2v) is 6.83. The molecule has 1 amide bonds. The van der Waals surface area contributed by atoms with Gasteiger partial charge in [0.2, 0.25) is 0 Å². The minimum Gasteiger partial charge on any atom is -0.506 e. The first-order valence-electron chi connectivity index (χ1n) is 9.55. The van der Waals surface area contributed by atoms with Crippen molar-refractivity contribution < 1.29 is 33.8 Å². The summed E-state index contributed by atoms with van der Waals surface area (Å²) in [5.41, 5.74) is 0.670. The van der Waals surface area contributed by atoms with E-state index in [1.165, 1.54) is 19.1 Å². The van der Waals surface area contributed by atoms with E-state index in [0.717, 1.165) is 12.5 Å². The Balaban J connectivity index is 1.67. The average molecular weight is 436 g/mol. The summed E-state index contributed by atoms with van der Waals surface area (Å²) in [5, 5.41) is 15.8. The molecule has 164 valence electrons. The predicted octanol–water partition coefficient (Wildman–Crippen LogP) is 3.15. The molecule has 2 aromatic carbocycles. The molecule has 0 saturated carbocycles. The molecule has 1 heterocycles. The number of nitrogens with one attached hydrogen (secondary N) is 2. The van der Waals surface area contributed by atoms with Crippen LogP contribution in [-0.4, -0.2) is 28.9 Å². The molecular weight excluding hydrogens is 416 g/mol. The van der Waals surface area contributed by atoms with Gasteiger partial charge in [-0.1, -0.05) is 30.3 Å². The first-order valence-corrected chi connectivity index (χ1v) is 9.55. The summed E-state index contributed by atoms with van der Waals surface area (Å²) in [6.07, 6.45) is -0.616. The number of Topliss-reactive ketones (excluding diaryl/α,β-unsaturated/α-hetero) is 1. The molecule has 0 unspecified atom stereocenters. The van der Waals surface area contributed by atoms with E-state index in [1.807, 2.05) is 30.3 Å². The first kappa shape index (κ1) is 22.3. The average Bonchev–Trinajstić information content (AvgIpc) is 2.73. The normalized spacial score (nSPS) is 15.1. The molecule has 0 aliphatic carbocycles. The van der Waals surface area contributed by atoms with Gasteiger partial charge in [-0.3, -0.25) is 4.79 Å². The molecule has 0 radical (unpaired) electrons. The maximum absolute atomic E-state index is 12.0. The molecule has 0 atom stereocenters. The minimum atomic E-state index is -1.19. The number of carbonyl (C=O) groups excluding carboxylic acids is 4. The van der Waals surface area contributed by atoms with Crippen LogP contribution in [0, 0.1) is 0 Å². The molecule has 3 rings (SSSR count). The fourth-order valence-electron chi connectivity index (χ4n) is 2.94. The molecule has 9 nitrogen and oxygen atoms in total. The highest BCUT2D eigenvalue weighted by Crippen LogP contribution is 2.26. The number of hydrogen-bond acceptors (Lipinski definition) is 8. The van der Waals surface area contributed by atoms with Crippen molar-refractivity contribution in [3.8, 4) is 5.75 Å². The first-order chi connectivity index (χ1) is 15.3. The van der Waals surface area contributed by atoms with Crippen molar-refractivity contribution in [3.63, 3.8) is 0 Å². The Morgan fingerprint density at radius 1 is 0.969 bits per heavy atom. The number of allylic oxidation sites excluding steroid dienone is 1. The highest BCUT2D eigenvalue weighted by atomic mass is 16.6. The number of esters is 2. The van der Waals surface area contributed by atoms with Crippen molar-refractivity contribution in [1.29, 1.82) is 0 Å². The van der Waals surface area contributed by atoms with Crippen LogP contribution in [0.4, 0.5) is 10.5 Å². The van der Waals surface area contributed by atoms with Gasteiger partial charge < -0.3 is 25.2 Å². The van der Waals surface area contributed by atoms with E-state index < -0.39 is 35.1 Å². The second-order valence-electron chi connectivity index (χ2n) is 6.83. The third kappa shape index (κ3) is 5.20. The zero-order valence-corrected chi connectivity index (χ0v) is 17.3. The smallest absolute Gasteiger partial charge is 0.412 e. The molecule has 0 aromatic heterocycles. The Morgan fingerprint density at radius 3 is 2.25 bits per heavy atom. The largest absolute Gasteiger partial charge is 0.506 e. The Kier molecular flexibility index (Phi) is 6.69. The van der Waals surface area contributed by atoms with Crippen LogP contribution in [0.3, 0.4) is 0 Å². The SMILES string of the molecule is CC(=O)C1=C(O)C(=C(C)Nc2ccc(OC(=O)NCc3ccccc3)cc2)C(=O)OC1=O. The van der Waals surface area contributed by atoms with E-state index >= 15 is 0 Å². The standard InChI is InChI=1S/C23H20N2O7/c1-13(18-20(27)19(14(2)26)22(29)32-21(18)28)25-16-8-10-17(11-9-16)31-23(30)24-12-15-6-4-3-5-7-15/h3-11,25,27H,12H2,1-2H3,(H,24,30). The van der Waals surface area contributed by atoms with E-state index in [4.69, 9.17) is 4.74 Å². The molecular formula is C23H20N2O7. The number of rotatable bonds is 6. The van der Waals surface area contributed by atoms with Gasteiger partial charge in [0, 0.05) is 17.9 Å². The van der Waals surface area contributed by atoms with Crippen LogP contribution in [-0.2, 0) is 25.7 Å². The van der Waals surface area contributed by atoms with Crippen LogP contribution < -0.4 is 15.4 Å². The summed E-state index contributed by atoms with van der Waals surface area (Å²) in [6, 6.07) is 15.6. The molecule has 32 heavy (non-hydrogen) atoms. The van der Waals surface area contributed by atoms with Crippen LogP contribution in [0.15, 0.2) is 77.2 Å². The number of cyclic esters (lactones) is 2. The van der Waals surface area contributed by atoms with Crippen LogP contribution in [0.1, 0.15) is 19.4 Å². The molecule has 0 bridgehead atoms. The van der Waals surface area contributed by atoms with Crippen molar-refractivity contribution in [2.75, 3.05) is 5.32 Å². The Hall–Kier alpha value is -4.40. The summed E-state index contributed by atoms with van der Waals surface area (Å²) in [7, 11) is 0. The lowest BCUT2D eigenvalue weighted by Crippen LogP contribution is -2.29. The lowest BCUT2D eigenvalue weighted by Gasteiger charge is -2.18. The van der Waals surface area contributed by atoms with Crippen molar-refractivity contribution in [1.82, 2.24) is 5.32 Å². The number of anilines is 1. The monoisotopic (exact) mass is 436 g/mol. The molecule has 3 N–H and O–H groups in total. The summed E-state index contributed by atoms with van der Waals surface area (Å²) in [6.45, 7) is 2.88. The van der Waals surface area contributed by atoms with Gasteiger partial charge in [0.15, 0.2) is 5.78 Å². The maximum atomic E-state index is 12.0. The van der Waals surface area contributed by atoms with E-state index in [1.54, 1.807) is 12.1 Å². The lowest BCUT2D eigenvalue weighted by atomic mass is 10.0. The van der Waals surface area contributed by atoms with Crippen molar-refractivity contribution in [2.45, 2.75) is 20.4 Å². The third-order valence-electron chi connectivity index (χ3n) is 4.47. The highest BCUT2D eigenvalue weighted by molar-refractivity contribution is 6.23. The minimum absolute atomic E-state index is 0.160. The topological polar surface area (TPSA) is 131 Å². The number of carbonyl (C=O) groups is 4. The number of ketones is 1. The van der Waals surface area contributed by atoms with Crippen LogP contribution in [0.25, 0.3) is 0 Å². The van der Waals surface area contributed by atoms with Crippen molar-refractivity contribution in [2.24, 2.45) is 0 Å². The van der Waals surface area contributed by atoms with Gasteiger partial charge in [-0.2, -0.15) is 0 Å². The van der Waals surface area contributed by atoms with E-state index in [0.29, 0.717) is 12.2 Å². The molecule has 2 aromatic rings. The van der Waals surface area contributed by atoms with Crippen LogP contribution in [0.2, 0.25) is 0 Å². The number of aliphatic hydroxyl groups excluding tert-OH is 1. The van der Waals surface area contributed by atoms with Gasteiger partial charge in [-0.15, -0.1) is 0 Å². The molecule has 9 heteroatoms.